The highest BCUT2D eigenvalue weighted by Crippen LogP contribution is 2.66. The summed E-state index contributed by atoms with van der Waals surface area (Å²) in [5, 5.41) is 21.5. The highest BCUT2D eigenvalue weighted by molar-refractivity contribution is 7.99. The molecule has 2 heterocycles. The lowest BCUT2D eigenvalue weighted by Crippen LogP contribution is -2.32. The van der Waals surface area contributed by atoms with Crippen LogP contribution in [0.3, 0.4) is 0 Å². The highest BCUT2D eigenvalue weighted by Gasteiger charge is 2.61. The Bertz CT molecular complexity index is 867. The van der Waals surface area contributed by atoms with E-state index in [0.717, 1.165) is 35.7 Å². The predicted octanol–water partition coefficient (Wildman–Crippen LogP) is 3.19. The average Bonchev–Trinajstić information content (AvgIpc) is 3.20. The fraction of sp³-hybridized carbons (Fsp3) is 0.647. The number of carbonyl (C=O) groups excluding carboxylic acids is 1. The lowest BCUT2D eigenvalue weighted by Gasteiger charge is -2.33. The largest absolute Gasteiger partial charge is 0.300 e. The number of hydrogen-bond acceptors (Lipinski definition) is 8. The number of fused-ring (bicyclic) bond motifs is 5. The van der Waals surface area contributed by atoms with Crippen molar-refractivity contribution in [2.45, 2.75) is 63.4 Å². The maximum atomic E-state index is 12.1. The number of thioether (sulfide) groups is 1. The van der Waals surface area contributed by atoms with Gasteiger partial charge in [0.1, 0.15) is 5.01 Å². The van der Waals surface area contributed by atoms with Gasteiger partial charge in [0.2, 0.25) is 16.2 Å². The molecule has 2 atom stereocenters. The Labute approximate surface area is 160 Å². The van der Waals surface area contributed by atoms with Crippen LogP contribution in [0.25, 0.3) is 0 Å². The van der Waals surface area contributed by atoms with E-state index in [-0.39, 0.29) is 22.5 Å². The Hall–Kier alpha value is -1.61. The molecule has 9 heteroatoms. The van der Waals surface area contributed by atoms with Gasteiger partial charge in [-0.1, -0.05) is 50.8 Å². The summed E-state index contributed by atoms with van der Waals surface area (Å²) < 4.78 is 0. The molecule has 1 N–H and O–H groups in total. The van der Waals surface area contributed by atoms with E-state index in [0.29, 0.717) is 16.2 Å². The molecule has 0 radical (unpaired) electrons. The monoisotopic (exact) mass is 390 g/mol. The number of rotatable bonds is 5. The highest BCUT2D eigenvalue weighted by atomic mass is 32.2. The normalized spacial score (nSPS) is 25.3. The molecule has 1 fully saturated rings. The van der Waals surface area contributed by atoms with Crippen LogP contribution >= 0.6 is 23.1 Å². The van der Waals surface area contributed by atoms with Crippen LogP contribution in [-0.4, -0.2) is 37.0 Å². The van der Waals surface area contributed by atoms with Crippen LogP contribution in [0.15, 0.2) is 5.16 Å². The molecule has 2 aromatic rings. The van der Waals surface area contributed by atoms with Crippen LogP contribution in [0.4, 0.5) is 5.13 Å². The third-order valence-electron chi connectivity index (χ3n) is 6.12. The van der Waals surface area contributed by atoms with Gasteiger partial charge in [0.25, 0.3) is 0 Å². The Morgan fingerprint density at radius 3 is 2.81 bits per heavy atom. The minimum absolute atomic E-state index is 0.0453. The van der Waals surface area contributed by atoms with E-state index < -0.39 is 0 Å². The van der Waals surface area contributed by atoms with Crippen molar-refractivity contribution >= 4 is 34.1 Å². The van der Waals surface area contributed by atoms with Crippen LogP contribution < -0.4 is 5.32 Å². The second-order valence-corrected chi connectivity index (χ2v) is 9.67. The molecular weight excluding hydrogens is 368 g/mol. The molecule has 1 amide bonds. The number of aryl methyl sites for hydroxylation is 1. The second kappa shape index (κ2) is 6.23. The van der Waals surface area contributed by atoms with Crippen molar-refractivity contribution < 1.29 is 4.79 Å². The molecule has 2 aromatic heterocycles. The first-order valence-electron chi connectivity index (χ1n) is 8.85. The van der Waals surface area contributed by atoms with Gasteiger partial charge in [0, 0.05) is 11.3 Å². The van der Waals surface area contributed by atoms with Crippen LogP contribution in [-0.2, 0) is 16.6 Å². The summed E-state index contributed by atoms with van der Waals surface area (Å²) in [7, 11) is 0. The molecule has 138 valence electrons. The van der Waals surface area contributed by atoms with E-state index in [4.69, 9.17) is 4.98 Å². The van der Waals surface area contributed by atoms with Crippen LogP contribution in [0, 0.1) is 5.41 Å². The standard InChI is InChI=1S/C17H22N6OS2/c1-5-11-20-23-15(26-11)18-10(24)8-25-14-19-13-12(21-22-14)9-6-7-17(13,4)16(9,2)3/h9H,5-8H2,1-4H3,(H,18,23,24)/t9-,17+/m1/s1. The summed E-state index contributed by atoms with van der Waals surface area (Å²) >= 11 is 2.71. The zero-order chi connectivity index (χ0) is 18.5. The van der Waals surface area contributed by atoms with Crippen molar-refractivity contribution in [1.29, 1.82) is 0 Å². The van der Waals surface area contributed by atoms with Gasteiger partial charge in [-0.2, -0.15) is 5.10 Å². The number of nitrogens with one attached hydrogen (secondary N) is 1. The molecule has 26 heavy (non-hydrogen) atoms. The van der Waals surface area contributed by atoms with Gasteiger partial charge in [-0.05, 0) is 24.7 Å². The topological polar surface area (TPSA) is 93.6 Å². The van der Waals surface area contributed by atoms with Crippen LogP contribution in [0.5, 0.6) is 0 Å². The maximum Gasteiger partial charge on any atom is 0.236 e. The molecule has 2 aliphatic carbocycles. The number of hydrogen-bond donors (Lipinski definition) is 1. The van der Waals surface area contributed by atoms with Gasteiger partial charge in [-0.15, -0.1) is 15.3 Å². The molecular formula is C17H22N6OS2. The first-order valence-corrected chi connectivity index (χ1v) is 10.7. The molecule has 2 aliphatic rings. The average molecular weight is 391 g/mol. The number of aromatic nitrogens is 5. The minimum Gasteiger partial charge on any atom is -0.300 e. The van der Waals surface area contributed by atoms with Gasteiger partial charge < -0.3 is 0 Å². The Morgan fingerprint density at radius 2 is 2.08 bits per heavy atom. The summed E-state index contributed by atoms with van der Waals surface area (Å²) in [6.07, 6.45) is 3.11. The van der Waals surface area contributed by atoms with Gasteiger partial charge in [-0.25, -0.2) is 4.98 Å². The Kier molecular flexibility index (Phi) is 4.26. The molecule has 0 aliphatic heterocycles. The van der Waals surface area contributed by atoms with E-state index in [1.165, 1.54) is 23.1 Å². The molecule has 4 rings (SSSR count). The van der Waals surface area contributed by atoms with Crippen molar-refractivity contribution in [2.75, 3.05) is 11.1 Å². The van der Waals surface area contributed by atoms with Crippen molar-refractivity contribution in [1.82, 2.24) is 25.4 Å². The van der Waals surface area contributed by atoms with Crippen molar-refractivity contribution in [3.63, 3.8) is 0 Å². The van der Waals surface area contributed by atoms with Crippen molar-refractivity contribution in [3.05, 3.63) is 16.4 Å². The first kappa shape index (κ1) is 17.8. The van der Waals surface area contributed by atoms with Crippen LogP contribution in [0.1, 0.15) is 62.8 Å². The molecule has 0 unspecified atom stereocenters. The summed E-state index contributed by atoms with van der Waals surface area (Å²) in [6.45, 7) is 8.91. The Balaban J connectivity index is 1.44. The summed E-state index contributed by atoms with van der Waals surface area (Å²) in [6, 6.07) is 0. The van der Waals surface area contributed by atoms with Crippen molar-refractivity contribution in [2.24, 2.45) is 5.41 Å². The fourth-order valence-electron chi connectivity index (χ4n) is 4.16. The van der Waals surface area contributed by atoms with E-state index >= 15 is 0 Å². The lowest BCUT2D eigenvalue weighted by atomic mass is 9.70. The van der Waals surface area contributed by atoms with Gasteiger partial charge in [0.05, 0.1) is 17.1 Å². The Morgan fingerprint density at radius 1 is 1.27 bits per heavy atom. The van der Waals surface area contributed by atoms with E-state index in [2.05, 4.69) is 46.5 Å². The van der Waals surface area contributed by atoms with E-state index in [1.54, 1.807) is 0 Å². The molecule has 1 saturated carbocycles. The lowest BCUT2D eigenvalue weighted by molar-refractivity contribution is -0.113. The summed E-state index contributed by atoms with van der Waals surface area (Å²) in [5.74, 6) is 0.534. The van der Waals surface area contributed by atoms with Gasteiger partial charge in [-0.3, -0.25) is 10.1 Å². The van der Waals surface area contributed by atoms with E-state index in [9.17, 15) is 4.79 Å². The molecule has 0 spiro atoms. The van der Waals surface area contributed by atoms with Gasteiger partial charge >= 0.3 is 0 Å². The zero-order valence-electron chi connectivity index (χ0n) is 15.4. The second-order valence-electron chi connectivity index (χ2n) is 7.66. The van der Waals surface area contributed by atoms with Crippen LogP contribution in [0.2, 0.25) is 0 Å². The van der Waals surface area contributed by atoms with Gasteiger partial charge in [0.15, 0.2) is 0 Å². The smallest absolute Gasteiger partial charge is 0.236 e. The van der Waals surface area contributed by atoms with Crippen molar-refractivity contribution in [3.8, 4) is 0 Å². The number of nitrogens with zero attached hydrogens (tertiary/aromatic N) is 5. The molecule has 0 saturated heterocycles. The number of amides is 1. The quantitative estimate of drug-likeness (QED) is 0.784. The molecule has 2 bridgehead atoms. The molecule has 0 aromatic carbocycles. The fourth-order valence-corrected chi connectivity index (χ4v) is 5.44. The zero-order valence-corrected chi connectivity index (χ0v) is 17.0. The number of carbonyl (C=O) groups is 1. The number of anilines is 1. The summed E-state index contributed by atoms with van der Waals surface area (Å²) in [4.78, 5) is 16.9. The summed E-state index contributed by atoms with van der Waals surface area (Å²) in [5.41, 5.74) is 2.34. The van der Waals surface area contributed by atoms with E-state index in [1.807, 2.05) is 6.92 Å². The third-order valence-corrected chi connectivity index (χ3v) is 7.94. The molecule has 7 nitrogen and oxygen atoms in total. The predicted molar refractivity (Wildman–Crippen MR) is 102 cm³/mol. The minimum atomic E-state index is -0.133. The third kappa shape index (κ3) is 2.63. The maximum absolute atomic E-state index is 12.1. The first-order chi connectivity index (χ1) is 12.3. The SMILES string of the molecule is CCc1nnc(NC(=O)CSc2nnc3c(n2)[C@]2(C)CC[C@H]3C2(C)C)s1.